The van der Waals surface area contributed by atoms with Crippen molar-refractivity contribution in [2.75, 3.05) is 7.11 Å². The number of rotatable bonds is 4. The van der Waals surface area contributed by atoms with Crippen molar-refractivity contribution in [3.63, 3.8) is 0 Å². The number of aromatic hydroxyl groups is 1. The van der Waals surface area contributed by atoms with Gasteiger partial charge in [-0.05, 0) is 47.2 Å². The lowest BCUT2D eigenvalue weighted by Crippen LogP contribution is -2.20. The molecule has 2 nitrogen and oxygen atoms in total. The summed E-state index contributed by atoms with van der Waals surface area (Å²) in [5.74, 6) is 1.19. The molecule has 0 unspecified atom stereocenters. The Kier molecular flexibility index (Phi) is 3.79. The van der Waals surface area contributed by atoms with Crippen LogP contribution in [0.4, 0.5) is 0 Å². The third-order valence-electron chi connectivity index (χ3n) is 3.45. The minimum atomic E-state index is 0.0449. The van der Waals surface area contributed by atoms with Gasteiger partial charge in [-0.1, -0.05) is 38.1 Å². The SMILES string of the molecule is COc1ccc(C(C)(C)Cc2ccc(O)cc2)cc1. The largest absolute Gasteiger partial charge is 0.508 e. The molecule has 0 fully saturated rings. The monoisotopic (exact) mass is 256 g/mol. The van der Waals surface area contributed by atoms with E-state index >= 15 is 0 Å². The molecule has 0 atom stereocenters. The standard InChI is InChI=1S/C17H20O2/c1-17(2,12-13-4-8-15(18)9-5-13)14-6-10-16(19-3)11-7-14/h4-11,18H,12H2,1-3H3. The molecule has 0 radical (unpaired) electrons. The van der Waals surface area contributed by atoms with Crippen LogP contribution in [-0.2, 0) is 11.8 Å². The Hall–Kier alpha value is -1.96. The Labute approximate surface area is 114 Å². The van der Waals surface area contributed by atoms with Gasteiger partial charge in [0.15, 0.2) is 0 Å². The minimum Gasteiger partial charge on any atom is -0.508 e. The normalized spacial score (nSPS) is 11.3. The van der Waals surface area contributed by atoms with E-state index in [1.54, 1.807) is 19.2 Å². The van der Waals surface area contributed by atoms with Crippen LogP contribution in [0.5, 0.6) is 11.5 Å². The highest BCUT2D eigenvalue weighted by Gasteiger charge is 2.21. The second-order valence-corrected chi connectivity index (χ2v) is 5.46. The van der Waals surface area contributed by atoms with Crippen LogP contribution >= 0.6 is 0 Å². The highest BCUT2D eigenvalue weighted by Crippen LogP contribution is 2.29. The number of phenols is 1. The fourth-order valence-electron chi connectivity index (χ4n) is 2.27. The van der Waals surface area contributed by atoms with E-state index in [0.717, 1.165) is 12.2 Å². The first kappa shape index (κ1) is 13.5. The van der Waals surface area contributed by atoms with Crippen LogP contribution in [0.15, 0.2) is 48.5 Å². The number of phenolic OH excluding ortho intramolecular Hbond substituents is 1. The highest BCUT2D eigenvalue weighted by atomic mass is 16.5. The van der Waals surface area contributed by atoms with Gasteiger partial charge in [0.05, 0.1) is 7.11 Å². The van der Waals surface area contributed by atoms with Crippen LogP contribution in [0.3, 0.4) is 0 Å². The van der Waals surface area contributed by atoms with E-state index in [1.807, 2.05) is 24.3 Å². The molecule has 19 heavy (non-hydrogen) atoms. The number of hydrogen-bond donors (Lipinski definition) is 1. The molecule has 0 aromatic heterocycles. The third kappa shape index (κ3) is 3.28. The predicted molar refractivity (Wildman–Crippen MR) is 77.8 cm³/mol. The molecule has 0 aliphatic heterocycles. The summed E-state index contributed by atoms with van der Waals surface area (Å²) >= 11 is 0. The molecule has 0 aliphatic rings. The van der Waals surface area contributed by atoms with Crippen LogP contribution < -0.4 is 4.74 Å². The molecule has 0 bridgehead atoms. The highest BCUT2D eigenvalue weighted by molar-refractivity contribution is 5.34. The number of benzene rings is 2. The van der Waals surface area contributed by atoms with Crippen molar-refractivity contribution in [2.24, 2.45) is 0 Å². The average molecular weight is 256 g/mol. The lowest BCUT2D eigenvalue weighted by atomic mass is 9.79. The first-order chi connectivity index (χ1) is 9.01. The lowest BCUT2D eigenvalue weighted by Gasteiger charge is -2.25. The lowest BCUT2D eigenvalue weighted by molar-refractivity contribution is 0.414. The summed E-state index contributed by atoms with van der Waals surface area (Å²) in [5.41, 5.74) is 2.54. The fraction of sp³-hybridized carbons (Fsp3) is 0.294. The maximum absolute atomic E-state index is 9.32. The van der Waals surface area contributed by atoms with Gasteiger partial charge in [0, 0.05) is 0 Å². The molecule has 0 spiro atoms. The Morgan fingerprint density at radius 1 is 0.947 bits per heavy atom. The molecule has 0 amide bonds. The van der Waals surface area contributed by atoms with Gasteiger partial charge in [-0.3, -0.25) is 0 Å². The van der Waals surface area contributed by atoms with Gasteiger partial charge >= 0.3 is 0 Å². The van der Waals surface area contributed by atoms with Crippen molar-refractivity contribution in [3.8, 4) is 11.5 Å². The number of ether oxygens (including phenoxy) is 1. The van der Waals surface area contributed by atoms with Crippen LogP contribution in [0.2, 0.25) is 0 Å². The second kappa shape index (κ2) is 5.35. The molecule has 2 aromatic rings. The van der Waals surface area contributed by atoms with Crippen LogP contribution in [0, 0.1) is 0 Å². The smallest absolute Gasteiger partial charge is 0.118 e. The van der Waals surface area contributed by atoms with Crippen molar-refractivity contribution in [2.45, 2.75) is 25.7 Å². The Balaban J connectivity index is 2.18. The van der Waals surface area contributed by atoms with Crippen LogP contribution in [0.25, 0.3) is 0 Å². The summed E-state index contributed by atoms with van der Waals surface area (Å²) in [6, 6.07) is 15.6. The molecule has 0 saturated heterocycles. The van der Waals surface area contributed by atoms with E-state index in [1.165, 1.54) is 11.1 Å². The van der Waals surface area contributed by atoms with Gasteiger partial charge in [0.2, 0.25) is 0 Å². The van der Waals surface area contributed by atoms with Crippen LogP contribution in [-0.4, -0.2) is 12.2 Å². The number of hydrogen-bond acceptors (Lipinski definition) is 2. The molecule has 0 aliphatic carbocycles. The Morgan fingerprint density at radius 3 is 2.05 bits per heavy atom. The first-order valence-corrected chi connectivity index (χ1v) is 6.44. The molecule has 2 rings (SSSR count). The number of methoxy groups -OCH3 is 1. The fourth-order valence-corrected chi connectivity index (χ4v) is 2.27. The Morgan fingerprint density at radius 2 is 1.53 bits per heavy atom. The van der Waals surface area contributed by atoms with Gasteiger partial charge in [0.1, 0.15) is 11.5 Å². The molecular weight excluding hydrogens is 236 g/mol. The first-order valence-electron chi connectivity index (χ1n) is 6.44. The van der Waals surface area contributed by atoms with Crippen LogP contribution in [0.1, 0.15) is 25.0 Å². The maximum Gasteiger partial charge on any atom is 0.118 e. The predicted octanol–water partition coefficient (Wildman–Crippen LogP) is 3.92. The van der Waals surface area contributed by atoms with Gasteiger partial charge in [-0.15, -0.1) is 0 Å². The van der Waals surface area contributed by atoms with Crippen molar-refractivity contribution >= 4 is 0 Å². The molecular formula is C17H20O2. The van der Waals surface area contributed by atoms with Gasteiger partial charge in [0.25, 0.3) is 0 Å². The molecule has 2 aromatic carbocycles. The molecule has 1 N–H and O–H groups in total. The summed E-state index contributed by atoms with van der Waals surface area (Å²) in [6.07, 6.45) is 0.930. The molecule has 0 saturated carbocycles. The van der Waals surface area contributed by atoms with E-state index in [2.05, 4.69) is 26.0 Å². The second-order valence-electron chi connectivity index (χ2n) is 5.46. The zero-order valence-corrected chi connectivity index (χ0v) is 11.7. The van der Waals surface area contributed by atoms with Gasteiger partial charge in [-0.25, -0.2) is 0 Å². The van der Waals surface area contributed by atoms with E-state index in [-0.39, 0.29) is 5.41 Å². The summed E-state index contributed by atoms with van der Waals surface area (Å²) < 4.78 is 5.19. The van der Waals surface area contributed by atoms with Crippen molar-refractivity contribution in [3.05, 3.63) is 59.7 Å². The summed E-state index contributed by atoms with van der Waals surface area (Å²) in [4.78, 5) is 0. The van der Waals surface area contributed by atoms with Crippen molar-refractivity contribution in [1.29, 1.82) is 0 Å². The zero-order chi connectivity index (χ0) is 13.9. The third-order valence-corrected chi connectivity index (χ3v) is 3.45. The van der Waals surface area contributed by atoms with Crippen molar-refractivity contribution in [1.82, 2.24) is 0 Å². The topological polar surface area (TPSA) is 29.5 Å². The zero-order valence-electron chi connectivity index (χ0n) is 11.7. The van der Waals surface area contributed by atoms with E-state index in [9.17, 15) is 5.11 Å². The Bertz CT molecular complexity index is 524. The van der Waals surface area contributed by atoms with Crippen molar-refractivity contribution < 1.29 is 9.84 Å². The molecule has 2 heteroatoms. The minimum absolute atomic E-state index is 0.0449. The molecule has 100 valence electrons. The summed E-state index contributed by atoms with van der Waals surface area (Å²) in [7, 11) is 1.68. The van der Waals surface area contributed by atoms with Gasteiger partial charge < -0.3 is 9.84 Å². The van der Waals surface area contributed by atoms with Gasteiger partial charge in [-0.2, -0.15) is 0 Å². The van der Waals surface area contributed by atoms with E-state index in [4.69, 9.17) is 4.74 Å². The quantitative estimate of drug-likeness (QED) is 0.898. The average Bonchev–Trinajstić information content (AvgIpc) is 2.41. The summed E-state index contributed by atoms with van der Waals surface area (Å²) in [6.45, 7) is 4.45. The van der Waals surface area contributed by atoms with E-state index < -0.39 is 0 Å². The molecule has 0 heterocycles. The van der Waals surface area contributed by atoms with E-state index in [0.29, 0.717) is 5.75 Å². The summed E-state index contributed by atoms with van der Waals surface area (Å²) in [5, 5.41) is 9.32. The maximum atomic E-state index is 9.32.